The third-order valence-corrected chi connectivity index (χ3v) is 4.54. The van der Waals surface area contributed by atoms with Crippen LogP contribution in [0.15, 0.2) is 29.6 Å². The monoisotopic (exact) mass is 333 g/mol. The molecule has 1 aromatic carbocycles. The first-order chi connectivity index (χ1) is 11.0. The fraction of sp³-hybridized carbons (Fsp3) is 0.312. The van der Waals surface area contributed by atoms with Gasteiger partial charge < -0.3 is 9.80 Å². The molecule has 2 heterocycles. The molecule has 2 amide bonds. The quantitative estimate of drug-likeness (QED) is 0.846. The van der Waals surface area contributed by atoms with Gasteiger partial charge in [0.05, 0.1) is 5.01 Å². The van der Waals surface area contributed by atoms with Crippen LogP contribution in [0.3, 0.4) is 0 Å². The van der Waals surface area contributed by atoms with Gasteiger partial charge in [-0.3, -0.25) is 9.59 Å². The maximum absolute atomic E-state index is 13.2. The average molecular weight is 333 g/mol. The minimum atomic E-state index is -0.427. The Bertz CT molecular complexity index is 738. The van der Waals surface area contributed by atoms with Crippen LogP contribution < -0.4 is 0 Å². The van der Waals surface area contributed by atoms with Crippen LogP contribution in [0.25, 0.3) is 0 Å². The highest BCUT2D eigenvalue weighted by atomic mass is 32.1. The maximum atomic E-state index is 13.2. The number of hydrogen-bond donors (Lipinski definition) is 0. The zero-order chi connectivity index (χ0) is 16.4. The Balaban J connectivity index is 1.62. The lowest BCUT2D eigenvalue weighted by Crippen LogP contribution is -2.50. The predicted octanol–water partition coefficient (Wildman–Crippen LogP) is 2.19. The first-order valence-electron chi connectivity index (χ1n) is 7.31. The van der Waals surface area contributed by atoms with Crippen LogP contribution in [-0.2, 0) is 0 Å². The van der Waals surface area contributed by atoms with E-state index < -0.39 is 5.82 Å². The van der Waals surface area contributed by atoms with E-state index >= 15 is 0 Å². The van der Waals surface area contributed by atoms with E-state index in [0.717, 1.165) is 5.01 Å². The van der Waals surface area contributed by atoms with Gasteiger partial charge in [0.25, 0.3) is 11.8 Å². The molecule has 1 aromatic heterocycles. The second kappa shape index (κ2) is 6.45. The van der Waals surface area contributed by atoms with Crippen molar-refractivity contribution >= 4 is 23.2 Å². The lowest BCUT2D eigenvalue weighted by molar-refractivity contribution is 0.0532. The van der Waals surface area contributed by atoms with E-state index in [0.29, 0.717) is 37.4 Å². The van der Waals surface area contributed by atoms with Crippen LogP contribution in [0.2, 0.25) is 0 Å². The standard InChI is InChI=1S/C16H16FN3O2S/c1-11-18-14(10-23-11)16(22)20-7-5-19(6-8-20)15(21)12-3-2-4-13(17)9-12/h2-4,9-10H,5-8H2,1H3. The van der Waals surface area contributed by atoms with Gasteiger partial charge in [-0.05, 0) is 25.1 Å². The summed E-state index contributed by atoms with van der Waals surface area (Å²) in [5.74, 6) is -0.739. The largest absolute Gasteiger partial charge is 0.335 e. The molecule has 0 atom stereocenters. The number of hydrogen-bond acceptors (Lipinski definition) is 4. The number of amides is 2. The minimum Gasteiger partial charge on any atom is -0.335 e. The topological polar surface area (TPSA) is 53.5 Å². The molecule has 7 heteroatoms. The van der Waals surface area contributed by atoms with Crippen molar-refractivity contribution in [2.24, 2.45) is 0 Å². The van der Waals surface area contributed by atoms with Crippen molar-refractivity contribution in [1.82, 2.24) is 14.8 Å². The highest BCUT2D eigenvalue weighted by Gasteiger charge is 2.26. The lowest BCUT2D eigenvalue weighted by Gasteiger charge is -2.34. The Morgan fingerprint density at radius 2 is 1.78 bits per heavy atom. The van der Waals surface area contributed by atoms with Crippen molar-refractivity contribution in [2.75, 3.05) is 26.2 Å². The number of aryl methyl sites for hydroxylation is 1. The Morgan fingerprint density at radius 3 is 2.35 bits per heavy atom. The average Bonchev–Trinajstić information content (AvgIpc) is 3.00. The number of thiazole rings is 1. The van der Waals surface area contributed by atoms with Gasteiger partial charge in [0, 0.05) is 37.1 Å². The summed E-state index contributed by atoms with van der Waals surface area (Å²) in [5, 5.41) is 2.61. The smallest absolute Gasteiger partial charge is 0.273 e. The number of rotatable bonds is 2. The van der Waals surface area contributed by atoms with Crippen LogP contribution in [0.1, 0.15) is 25.9 Å². The molecule has 0 spiro atoms. The molecular weight excluding hydrogens is 317 g/mol. The number of carbonyl (C=O) groups is 2. The van der Waals surface area contributed by atoms with Gasteiger partial charge >= 0.3 is 0 Å². The third-order valence-electron chi connectivity index (χ3n) is 3.76. The van der Waals surface area contributed by atoms with E-state index in [-0.39, 0.29) is 11.8 Å². The zero-order valence-corrected chi connectivity index (χ0v) is 13.5. The van der Waals surface area contributed by atoms with Gasteiger partial charge in [0.2, 0.25) is 0 Å². The maximum Gasteiger partial charge on any atom is 0.273 e. The molecule has 0 unspecified atom stereocenters. The number of aromatic nitrogens is 1. The van der Waals surface area contributed by atoms with Crippen LogP contribution in [0, 0.1) is 12.7 Å². The molecule has 5 nitrogen and oxygen atoms in total. The Hall–Kier alpha value is -2.28. The second-order valence-corrected chi connectivity index (χ2v) is 6.41. The first kappa shape index (κ1) is 15.6. The van der Waals surface area contributed by atoms with E-state index in [4.69, 9.17) is 0 Å². The summed E-state index contributed by atoms with van der Waals surface area (Å²) in [6.45, 7) is 3.64. The molecule has 23 heavy (non-hydrogen) atoms. The molecule has 1 fully saturated rings. The van der Waals surface area contributed by atoms with Crippen molar-refractivity contribution < 1.29 is 14.0 Å². The molecule has 0 aliphatic carbocycles. The third kappa shape index (κ3) is 3.39. The summed E-state index contributed by atoms with van der Waals surface area (Å²) < 4.78 is 13.2. The van der Waals surface area contributed by atoms with Crippen molar-refractivity contribution in [2.45, 2.75) is 6.92 Å². The van der Waals surface area contributed by atoms with Crippen LogP contribution in [-0.4, -0.2) is 52.8 Å². The Kier molecular flexibility index (Phi) is 4.38. The van der Waals surface area contributed by atoms with Gasteiger partial charge in [0.15, 0.2) is 0 Å². The molecule has 0 N–H and O–H groups in total. The predicted molar refractivity (Wildman–Crippen MR) is 85.1 cm³/mol. The molecule has 0 radical (unpaired) electrons. The van der Waals surface area contributed by atoms with E-state index in [9.17, 15) is 14.0 Å². The summed E-state index contributed by atoms with van der Waals surface area (Å²) >= 11 is 1.44. The molecule has 0 bridgehead atoms. The van der Waals surface area contributed by atoms with Gasteiger partial charge in [-0.1, -0.05) is 6.07 Å². The van der Waals surface area contributed by atoms with Gasteiger partial charge in [-0.2, -0.15) is 0 Å². The minimum absolute atomic E-state index is 0.104. The van der Waals surface area contributed by atoms with E-state index in [1.54, 1.807) is 21.2 Å². The summed E-state index contributed by atoms with van der Waals surface area (Å²) in [7, 11) is 0. The van der Waals surface area contributed by atoms with Crippen LogP contribution in [0.4, 0.5) is 4.39 Å². The molecule has 0 saturated carbocycles. The molecule has 3 rings (SSSR count). The van der Waals surface area contributed by atoms with E-state index in [2.05, 4.69) is 4.98 Å². The van der Waals surface area contributed by atoms with Crippen molar-refractivity contribution in [3.8, 4) is 0 Å². The number of benzene rings is 1. The summed E-state index contributed by atoms with van der Waals surface area (Å²) in [4.78, 5) is 32.2. The van der Waals surface area contributed by atoms with Crippen LogP contribution >= 0.6 is 11.3 Å². The molecule has 120 valence electrons. The first-order valence-corrected chi connectivity index (χ1v) is 8.19. The number of halogens is 1. The molecule has 1 saturated heterocycles. The molecule has 1 aliphatic rings. The van der Waals surface area contributed by atoms with E-state index in [1.165, 1.54) is 29.5 Å². The highest BCUT2D eigenvalue weighted by molar-refractivity contribution is 7.09. The molecular formula is C16H16FN3O2S. The second-order valence-electron chi connectivity index (χ2n) is 5.35. The van der Waals surface area contributed by atoms with Crippen LogP contribution in [0.5, 0.6) is 0 Å². The fourth-order valence-electron chi connectivity index (χ4n) is 2.54. The summed E-state index contributed by atoms with van der Waals surface area (Å²) in [6, 6.07) is 5.66. The van der Waals surface area contributed by atoms with Gasteiger partial charge in [0.1, 0.15) is 11.5 Å². The van der Waals surface area contributed by atoms with E-state index in [1.807, 2.05) is 6.92 Å². The summed E-state index contributed by atoms with van der Waals surface area (Å²) in [5.41, 5.74) is 0.789. The number of nitrogens with zero attached hydrogens (tertiary/aromatic N) is 3. The number of carbonyl (C=O) groups excluding carboxylic acids is 2. The molecule has 2 aromatic rings. The highest BCUT2D eigenvalue weighted by Crippen LogP contribution is 2.14. The van der Waals surface area contributed by atoms with Gasteiger partial charge in [-0.15, -0.1) is 11.3 Å². The Morgan fingerprint density at radius 1 is 1.13 bits per heavy atom. The molecule has 1 aliphatic heterocycles. The van der Waals surface area contributed by atoms with Crippen molar-refractivity contribution in [3.63, 3.8) is 0 Å². The summed E-state index contributed by atoms with van der Waals surface area (Å²) in [6.07, 6.45) is 0. The van der Waals surface area contributed by atoms with Crippen molar-refractivity contribution in [1.29, 1.82) is 0 Å². The zero-order valence-electron chi connectivity index (χ0n) is 12.7. The van der Waals surface area contributed by atoms with Crippen molar-refractivity contribution in [3.05, 3.63) is 51.7 Å². The number of piperazine rings is 1. The van der Waals surface area contributed by atoms with Gasteiger partial charge in [-0.25, -0.2) is 9.37 Å². The lowest BCUT2D eigenvalue weighted by atomic mass is 10.1. The Labute approximate surface area is 137 Å². The fourth-order valence-corrected chi connectivity index (χ4v) is 3.13. The SMILES string of the molecule is Cc1nc(C(=O)N2CCN(C(=O)c3cccc(F)c3)CC2)cs1. The normalized spacial score (nSPS) is 14.9.